The molecular formula is C20H24ClF2N5O2. The van der Waals surface area contributed by atoms with E-state index in [2.05, 4.69) is 19.9 Å². The fourth-order valence-electron chi connectivity index (χ4n) is 5.08. The van der Waals surface area contributed by atoms with Crippen molar-refractivity contribution < 1.29 is 18.6 Å². The minimum absolute atomic E-state index is 0.0220. The second-order valence-corrected chi connectivity index (χ2v) is 9.35. The van der Waals surface area contributed by atoms with Gasteiger partial charge in [-0.2, -0.15) is 9.97 Å². The third-order valence-electron chi connectivity index (χ3n) is 6.58. The van der Waals surface area contributed by atoms with Gasteiger partial charge in [-0.05, 0) is 32.7 Å². The lowest BCUT2D eigenvalue weighted by Crippen LogP contribution is -2.43. The number of anilines is 1. The molecular weight excluding hydrogens is 416 g/mol. The Balaban J connectivity index is 1.50. The average Bonchev–Trinajstić information content (AvgIpc) is 3.34. The zero-order chi connectivity index (χ0) is 21.1. The maximum absolute atomic E-state index is 14.7. The number of fused-ring (bicyclic) bond motifs is 2. The number of ether oxygens (including phenoxy) is 1. The zero-order valence-corrected chi connectivity index (χ0v) is 17.5. The lowest BCUT2D eigenvalue weighted by atomic mass is 9.95. The van der Waals surface area contributed by atoms with Gasteiger partial charge in [-0.15, -0.1) is 0 Å². The third kappa shape index (κ3) is 3.36. The van der Waals surface area contributed by atoms with Crippen molar-refractivity contribution in [2.75, 3.05) is 37.7 Å². The van der Waals surface area contributed by atoms with Crippen molar-refractivity contribution in [2.45, 2.75) is 49.9 Å². The summed E-state index contributed by atoms with van der Waals surface area (Å²) in [5.74, 6) is -0.287. The first-order valence-corrected chi connectivity index (χ1v) is 10.7. The molecule has 0 saturated carbocycles. The van der Waals surface area contributed by atoms with Gasteiger partial charge in [0.05, 0.1) is 16.5 Å². The van der Waals surface area contributed by atoms with E-state index in [0.717, 1.165) is 19.4 Å². The van der Waals surface area contributed by atoms with Gasteiger partial charge in [0, 0.05) is 32.3 Å². The number of pyridine rings is 1. The Morgan fingerprint density at radius 2 is 2.17 bits per heavy atom. The van der Waals surface area contributed by atoms with Crippen LogP contribution in [0.3, 0.4) is 0 Å². The molecule has 0 amide bonds. The topological polar surface area (TPSA) is 74.6 Å². The molecule has 2 aromatic rings. The molecule has 3 saturated heterocycles. The number of nitrogens with zero attached hydrogens (tertiary/aromatic N) is 5. The van der Waals surface area contributed by atoms with E-state index in [9.17, 15) is 13.9 Å². The van der Waals surface area contributed by atoms with Gasteiger partial charge in [-0.25, -0.2) is 13.8 Å². The van der Waals surface area contributed by atoms with Crippen LogP contribution in [0.15, 0.2) is 6.20 Å². The summed E-state index contributed by atoms with van der Waals surface area (Å²) in [4.78, 5) is 16.7. The number of rotatable bonds is 4. The summed E-state index contributed by atoms with van der Waals surface area (Å²) in [7, 11) is 0. The lowest BCUT2D eigenvalue weighted by Gasteiger charge is -2.31. The van der Waals surface area contributed by atoms with Crippen LogP contribution >= 0.6 is 11.6 Å². The first-order chi connectivity index (χ1) is 14.3. The number of hydrogen-bond acceptors (Lipinski definition) is 7. The van der Waals surface area contributed by atoms with Crippen LogP contribution < -0.4 is 9.64 Å². The van der Waals surface area contributed by atoms with Crippen LogP contribution in [0.2, 0.25) is 5.15 Å². The van der Waals surface area contributed by atoms with E-state index in [1.807, 2.05) is 4.90 Å². The first-order valence-electron chi connectivity index (χ1n) is 10.3. The Bertz CT molecular complexity index is 993. The van der Waals surface area contributed by atoms with Gasteiger partial charge in [0.2, 0.25) is 0 Å². The Labute approximate surface area is 178 Å². The first kappa shape index (κ1) is 20.1. The molecule has 5 rings (SSSR count). The van der Waals surface area contributed by atoms with Gasteiger partial charge >= 0.3 is 6.01 Å². The van der Waals surface area contributed by atoms with Crippen molar-refractivity contribution in [3.8, 4) is 6.01 Å². The van der Waals surface area contributed by atoms with Crippen LogP contribution in [-0.4, -0.2) is 75.1 Å². The van der Waals surface area contributed by atoms with Gasteiger partial charge in [-0.3, -0.25) is 4.90 Å². The molecule has 7 nitrogen and oxygen atoms in total. The Hall–Kier alpha value is -1.84. The zero-order valence-electron chi connectivity index (χ0n) is 16.7. The number of halogens is 3. The number of aromatic nitrogens is 3. The molecule has 0 aromatic carbocycles. The second-order valence-electron chi connectivity index (χ2n) is 8.99. The largest absolute Gasteiger partial charge is 0.461 e. The summed E-state index contributed by atoms with van der Waals surface area (Å²) in [5.41, 5.74) is -1.19. The van der Waals surface area contributed by atoms with Crippen LogP contribution in [0.4, 0.5) is 14.6 Å². The maximum atomic E-state index is 14.7. The normalized spacial score (nSPS) is 31.6. The summed E-state index contributed by atoms with van der Waals surface area (Å²) in [5, 5.41) is 10.5. The molecule has 0 spiro atoms. The molecule has 10 heteroatoms. The highest BCUT2D eigenvalue weighted by atomic mass is 35.5. The van der Waals surface area contributed by atoms with Crippen molar-refractivity contribution in [1.82, 2.24) is 19.9 Å². The molecule has 3 atom stereocenters. The lowest BCUT2D eigenvalue weighted by molar-refractivity contribution is 0.0838. The van der Waals surface area contributed by atoms with E-state index in [1.165, 1.54) is 6.20 Å². The van der Waals surface area contributed by atoms with E-state index >= 15 is 0 Å². The average molecular weight is 440 g/mol. The van der Waals surface area contributed by atoms with Crippen LogP contribution in [0.5, 0.6) is 6.01 Å². The van der Waals surface area contributed by atoms with E-state index in [-0.39, 0.29) is 28.8 Å². The highest BCUT2D eigenvalue weighted by Crippen LogP contribution is 2.40. The van der Waals surface area contributed by atoms with Crippen molar-refractivity contribution in [3.05, 3.63) is 17.2 Å². The quantitative estimate of drug-likeness (QED) is 0.734. The molecule has 1 unspecified atom stereocenters. The minimum atomic E-state index is -0.865. The second kappa shape index (κ2) is 7.10. The van der Waals surface area contributed by atoms with Crippen molar-refractivity contribution in [1.29, 1.82) is 0 Å². The van der Waals surface area contributed by atoms with Crippen molar-refractivity contribution in [2.24, 2.45) is 0 Å². The van der Waals surface area contributed by atoms with E-state index in [0.29, 0.717) is 43.7 Å². The van der Waals surface area contributed by atoms with Crippen LogP contribution in [0.25, 0.3) is 10.9 Å². The summed E-state index contributed by atoms with van der Waals surface area (Å²) in [6.45, 7) is 4.19. The molecule has 3 fully saturated rings. The Kier molecular flexibility index (Phi) is 4.75. The Morgan fingerprint density at radius 3 is 2.93 bits per heavy atom. The molecule has 3 aliphatic heterocycles. The molecule has 5 heterocycles. The highest BCUT2D eigenvalue weighted by molar-refractivity contribution is 6.30. The molecule has 3 aliphatic rings. The highest BCUT2D eigenvalue weighted by Gasteiger charge is 2.49. The van der Waals surface area contributed by atoms with Gasteiger partial charge in [0.25, 0.3) is 0 Å². The van der Waals surface area contributed by atoms with Crippen LogP contribution in [0, 0.1) is 5.82 Å². The summed E-state index contributed by atoms with van der Waals surface area (Å²) in [6.07, 6.45) is 3.41. The van der Waals surface area contributed by atoms with Crippen LogP contribution in [0.1, 0.15) is 32.6 Å². The Morgan fingerprint density at radius 1 is 1.33 bits per heavy atom. The third-order valence-corrected chi connectivity index (χ3v) is 6.85. The van der Waals surface area contributed by atoms with Gasteiger partial charge in [0.15, 0.2) is 11.0 Å². The summed E-state index contributed by atoms with van der Waals surface area (Å²) in [6, 6.07) is 0.0220. The number of hydrogen-bond donors (Lipinski definition) is 1. The van der Waals surface area contributed by atoms with Gasteiger partial charge < -0.3 is 14.7 Å². The molecule has 1 N–H and O–H groups in total. The van der Waals surface area contributed by atoms with E-state index in [4.69, 9.17) is 16.3 Å². The predicted molar refractivity (Wildman–Crippen MR) is 108 cm³/mol. The molecule has 162 valence electrons. The number of alkyl halides is 1. The number of β-amino-alcohol motifs (C(OH)–C–C–N with tert-alkyl or cyclic N) is 1. The fourth-order valence-corrected chi connectivity index (χ4v) is 5.22. The molecule has 0 bridgehead atoms. The summed E-state index contributed by atoms with van der Waals surface area (Å²) < 4.78 is 34.7. The summed E-state index contributed by atoms with van der Waals surface area (Å²) >= 11 is 5.88. The fraction of sp³-hybridized carbons (Fsp3) is 0.650. The number of aliphatic hydroxyl groups is 1. The standard InChI is InChI=1S/C20H24ClF2N5O2/c1-19(29)4-6-27(10-19)17-13-8-24-16(21)14(23)15(13)25-18(26-17)30-11-20-3-2-5-28(20)9-12(22)7-20/h8,12,29H,2-7,9-11H2,1H3/t12-,19?,20+/m1/s1. The molecule has 0 radical (unpaired) electrons. The van der Waals surface area contributed by atoms with Crippen molar-refractivity contribution >= 4 is 28.3 Å². The molecule has 2 aromatic heterocycles. The predicted octanol–water partition coefficient (Wildman–Crippen LogP) is 2.73. The van der Waals surface area contributed by atoms with Crippen LogP contribution in [-0.2, 0) is 0 Å². The minimum Gasteiger partial charge on any atom is -0.461 e. The van der Waals surface area contributed by atoms with Gasteiger partial charge in [0.1, 0.15) is 24.1 Å². The smallest absolute Gasteiger partial charge is 0.319 e. The van der Waals surface area contributed by atoms with Gasteiger partial charge in [-0.1, -0.05) is 11.6 Å². The monoisotopic (exact) mass is 439 g/mol. The molecule has 30 heavy (non-hydrogen) atoms. The maximum Gasteiger partial charge on any atom is 0.319 e. The van der Waals surface area contributed by atoms with E-state index in [1.54, 1.807) is 6.92 Å². The molecule has 0 aliphatic carbocycles. The SMILES string of the molecule is CC1(O)CCN(c2nc(OC[C@@]34CCCN3C[C@H](F)C4)nc3c(F)c(Cl)ncc23)C1. The van der Waals surface area contributed by atoms with Crippen molar-refractivity contribution in [3.63, 3.8) is 0 Å². The van der Waals surface area contributed by atoms with E-state index < -0.39 is 17.6 Å².